The summed E-state index contributed by atoms with van der Waals surface area (Å²) in [6.45, 7) is 1.05. The van der Waals surface area contributed by atoms with Gasteiger partial charge in [0.15, 0.2) is 0 Å². The van der Waals surface area contributed by atoms with Gasteiger partial charge in [-0.05, 0) is 42.2 Å². The first-order valence-electron chi connectivity index (χ1n) is 11.2. The highest BCUT2D eigenvalue weighted by molar-refractivity contribution is 6.42. The Balaban J connectivity index is 1.39. The van der Waals surface area contributed by atoms with Crippen molar-refractivity contribution < 1.29 is 36.0 Å². The van der Waals surface area contributed by atoms with E-state index in [1.165, 1.54) is 0 Å². The first kappa shape index (κ1) is 26.0. The molecule has 1 atom stereocenters. The fourth-order valence-electron chi connectivity index (χ4n) is 4.28. The van der Waals surface area contributed by atoms with Gasteiger partial charge in [-0.2, -0.15) is 26.3 Å². The number of hydrogen-bond acceptors (Lipinski definition) is 3. The third kappa shape index (κ3) is 4.84. The maximum Gasteiger partial charge on any atom is 0.428 e. The second kappa shape index (κ2) is 8.99. The summed E-state index contributed by atoms with van der Waals surface area (Å²) in [5.41, 5.74) is -2.26. The minimum absolute atomic E-state index is 0.0810. The van der Waals surface area contributed by atoms with Crippen molar-refractivity contribution in [3.05, 3.63) is 74.8 Å². The maximum absolute atomic E-state index is 14.3. The number of rotatable bonds is 4. The van der Waals surface area contributed by atoms with Gasteiger partial charge in [-0.25, -0.2) is 4.79 Å². The molecule has 5 nitrogen and oxygen atoms in total. The number of hydrogen-bond donors (Lipinski definition) is 2. The molecule has 2 fully saturated rings. The van der Waals surface area contributed by atoms with E-state index in [0.717, 1.165) is 18.4 Å². The molecule has 2 aliphatic heterocycles. The van der Waals surface area contributed by atoms with Gasteiger partial charge in [-0.1, -0.05) is 47.5 Å². The predicted molar refractivity (Wildman–Crippen MR) is 124 cm³/mol. The highest BCUT2D eigenvalue weighted by Crippen LogP contribution is 2.50. The molecule has 1 unspecified atom stereocenters. The average Bonchev–Trinajstić information content (AvgIpc) is 3.46. The summed E-state index contributed by atoms with van der Waals surface area (Å²) in [6, 6.07) is 7.76. The van der Waals surface area contributed by atoms with E-state index in [2.05, 4.69) is 10.8 Å². The van der Waals surface area contributed by atoms with Gasteiger partial charge in [0.1, 0.15) is 0 Å². The van der Waals surface area contributed by atoms with Gasteiger partial charge in [-0.15, -0.1) is 0 Å². The van der Waals surface area contributed by atoms with Crippen molar-refractivity contribution >= 4 is 34.9 Å². The molecule has 3 aliphatic rings. The maximum atomic E-state index is 14.3. The first-order chi connectivity index (χ1) is 17.3. The van der Waals surface area contributed by atoms with E-state index in [9.17, 15) is 31.1 Å². The number of alkyl halides is 6. The summed E-state index contributed by atoms with van der Waals surface area (Å²) in [5, 5.41) is 1.32. The molecule has 0 aromatic heterocycles. The van der Waals surface area contributed by atoms with E-state index in [0.29, 0.717) is 30.8 Å². The molecular formula is C24H19Cl2F6N3O2. The summed E-state index contributed by atoms with van der Waals surface area (Å²) < 4.78 is 83.0. The van der Waals surface area contributed by atoms with Crippen LogP contribution in [0.25, 0.3) is 5.70 Å². The second-order valence-corrected chi connectivity index (χ2v) is 10.0. The number of amides is 2. The highest BCUT2D eigenvalue weighted by atomic mass is 35.5. The summed E-state index contributed by atoms with van der Waals surface area (Å²) in [4.78, 5) is 18.7. The van der Waals surface area contributed by atoms with Crippen molar-refractivity contribution in [2.45, 2.75) is 42.8 Å². The lowest BCUT2D eigenvalue weighted by Crippen LogP contribution is -2.52. The summed E-state index contributed by atoms with van der Waals surface area (Å²) in [7, 11) is 0. The predicted octanol–water partition coefficient (Wildman–Crippen LogP) is 6.62. The molecule has 198 valence electrons. The van der Waals surface area contributed by atoms with Crippen LogP contribution in [-0.2, 0) is 16.6 Å². The van der Waals surface area contributed by atoms with Crippen LogP contribution in [0.3, 0.4) is 0 Å². The molecule has 2 aromatic rings. The molecule has 13 heteroatoms. The smallest absolute Gasteiger partial charge is 0.335 e. The number of halogens is 8. The molecule has 2 amide bonds. The lowest BCUT2D eigenvalue weighted by atomic mass is 9.89. The lowest BCUT2D eigenvalue weighted by Gasteiger charge is -2.39. The van der Waals surface area contributed by atoms with Crippen LogP contribution in [0, 0.1) is 0 Å². The molecule has 1 aliphatic carbocycles. The monoisotopic (exact) mass is 565 g/mol. The number of carbonyl (C=O) groups excluding carboxylic acids is 1. The van der Waals surface area contributed by atoms with Crippen LogP contribution in [0.1, 0.15) is 41.0 Å². The van der Waals surface area contributed by atoms with Gasteiger partial charge < -0.3 is 10.2 Å². The van der Waals surface area contributed by atoms with Gasteiger partial charge >= 0.3 is 18.4 Å². The van der Waals surface area contributed by atoms with Crippen molar-refractivity contribution in [2.75, 3.05) is 13.1 Å². The van der Waals surface area contributed by atoms with E-state index in [4.69, 9.17) is 28.0 Å². The number of nitrogens with one attached hydrogen (secondary N) is 2. The van der Waals surface area contributed by atoms with Crippen LogP contribution in [-0.4, -0.2) is 36.2 Å². The third-order valence-electron chi connectivity index (χ3n) is 6.62. The summed E-state index contributed by atoms with van der Waals surface area (Å²) in [5.74, 6) is 0.0898. The molecule has 0 bridgehead atoms. The number of urea groups is 1. The summed E-state index contributed by atoms with van der Waals surface area (Å²) >= 11 is 11.4. The Hall–Kier alpha value is -2.63. The van der Waals surface area contributed by atoms with Crippen LogP contribution in [0.2, 0.25) is 10.0 Å². The number of nitrogens with zero attached hydrogens (tertiary/aromatic N) is 1. The van der Waals surface area contributed by atoms with E-state index in [1.54, 1.807) is 29.2 Å². The van der Waals surface area contributed by atoms with Crippen molar-refractivity contribution in [3.63, 3.8) is 0 Å². The lowest BCUT2D eigenvalue weighted by molar-refractivity contribution is -0.269. The largest absolute Gasteiger partial charge is 0.428 e. The van der Waals surface area contributed by atoms with Gasteiger partial charge in [0.25, 0.3) is 0 Å². The van der Waals surface area contributed by atoms with Gasteiger partial charge in [0.2, 0.25) is 5.60 Å². The normalized spacial score (nSPS) is 22.4. The Morgan fingerprint density at radius 1 is 1.05 bits per heavy atom. The quantitative estimate of drug-likeness (QED) is 0.410. The SMILES string of the molecule is O=C(NC1CC1)N1CC(c2ccc(C3=CC(c4cc(Cl)c(Cl)c(C(F)(F)F)c4)(C(F)(F)F)ON3)cc2)C1. The molecule has 0 spiro atoms. The van der Waals surface area contributed by atoms with Gasteiger partial charge in [-0.3, -0.25) is 10.3 Å². The molecular weight excluding hydrogens is 547 g/mol. The van der Waals surface area contributed by atoms with Crippen molar-refractivity contribution in [3.8, 4) is 0 Å². The number of likely N-dealkylation sites (tertiary alicyclic amines) is 1. The Morgan fingerprint density at radius 2 is 1.70 bits per heavy atom. The van der Waals surface area contributed by atoms with Gasteiger partial charge in [0, 0.05) is 30.6 Å². The topological polar surface area (TPSA) is 53.6 Å². The fourth-order valence-corrected chi connectivity index (χ4v) is 4.71. The van der Waals surface area contributed by atoms with E-state index < -0.39 is 39.1 Å². The molecule has 1 saturated heterocycles. The number of benzene rings is 2. The Labute approximate surface area is 217 Å². The first-order valence-corrected chi connectivity index (χ1v) is 12.0. The van der Waals surface area contributed by atoms with Crippen LogP contribution < -0.4 is 10.8 Å². The molecule has 2 heterocycles. The van der Waals surface area contributed by atoms with Gasteiger partial charge in [0.05, 0.1) is 21.3 Å². The van der Waals surface area contributed by atoms with Crippen LogP contribution in [0.5, 0.6) is 0 Å². The summed E-state index contributed by atoms with van der Waals surface area (Å²) in [6.07, 6.45) is -7.52. The van der Waals surface area contributed by atoms with E-state index >= 15 is 0 Å². The van der Waals surface area contributed by atoms with Crippen LogP contribution in [0.4, 0.5) is 31.1 Å². The van der Waals surface area contributed by atoms with Crippen LogP contribution in [0.15, 0.2) is 42.5 Å². The van der Waals surface area contributed by atoms with E-state index in [1.807, 2.05) is 0 Å². The molecule has 2 N–H and O–H groups in total. The fraction of sp³-hybridized carbons (Fsp3) is 0.375. The average molecular weight is 566 g/mol. The standard InChI is InChI=1S/C24H19Cl2F6N3O2/c25-18-8-15(7-17(20(18)26)23(27,28)29)22(24(30,31)32)9-19(34-37-22)13-3-1-12(2-4-13)14-10-35(11-14)21(36)33-16-5-6-16/h1-4,7-9,14,16,34H,5-6,10-11H2,(H,33,36). The van der Waals surface area contributed by atoms with Crippen molar-refractivity contribution in [1.82, 2.24) is 15.7 Å². The molecule has 37 heavy (non-hydrogen) atoms. The highest BCUT2D eigenvalue weighted by Gasteiger charge is 2.60. The third-order valence-corrected chi connectivity index (χ3v) is 7.42. The molecule has 2 aromatic carbocycles. The Bertz CT molecular complexity index is 1250. The second-order valence-electron chi connectivity index (χ2n) is 9.26. The zero-order chi connectivity index (χ0) is 26.8. The molecule has 5 rings (SSSR count). The number of carbonyl (C=O) groups is 1. The molecule has 1 saturated carbocycles. The van der Waals surface area contributed by atoms with Crippen molar-refractivity contribution in [1.29, 1.82) is 0 Å². The minimum atomic E-state index is -5.14. The Kier molecular flexibility index (Phi) is 6.32. The van der Waals surface area contributed by atoms with E-state index in [-0.39, 0.29) is 29.8 Å². The minimum Gasteiger partial charge on any atom is -0.335 e. The zero-order valence-corrected chi connectivity index (χ0v) is 20.3. The Morgan fingerprint density at radius 3 is 2.27 bits per heavy atom. The zero-order valence-electron chi connectivity index (χ0n) is 18.8. The number of hydroxylamine groups is 1. The van der Waals surface area contributed by atoms with Crippen molar-refractivity contribution in [2.24, 2.45) is 0 Å². The van der Waals surface area contributed by atoms with Crippen LogP contribution >= 0.6 is 23.2 Å². The molecule has 0 radical (unpaired) electrons.